The van der Waals surface area contributed by atoms with Gasteiger partial charge >= 0.3 is 5.97 Å². The number of anilines is 1. The van der Waals surface area contributed by atoms with Crippen LogP contribution in [0.2, 0.25) is 0 Å². The lowest BCUT2D eigenvalue weighted by Gasteiger charge is -2.17. The average molecular weight is 518 g/mol. The van der Waals surface area contributed by atoms with E-state index in [1.165, 1.54) is 0 Å². The summed E-state index contributed by atoms with van der Waals surface area (Å²) in [5.74, 6) is 0.0291. The highest BCUT2D eigenvalue weighted by Crippen LogP contribution is 2.32. The number of carbonyl (C=O) groups is 2. The number of carbonyl (C=O) groups excluding carboxylic acids is 2. The van der Waals surface area contributed by atoms with E-state index in [9.17, 15) is 9.59 Å². The van der Waals surface area contributed by atoms with Crippen molar-refractivity contribution in [2.75, 3.05) is 5.32 Å². The molecule has 0 spiro atoms. The third kappa shape index (κ3) is 4.75. The van der Waals surface area contributed by atoms with Crippen molar-refractivity contribution in [3.05, 3.63) is 103 Å². The Hall–Kier alpha value is -5.24. The van der Waals surface area contributed by atoms with Gasteiger partial charge in [0.1, 0.15) is 11.4 Å². The van der Waals surface area contributed by atoms with Gasteiger partial charge in [0.25, 0.3) is 5.91 Å². The van der Waals surface area contributed by atoms with Gasteiger partial charge < -0.3 is 18.9 Å². The first kappa shape index (κ1) is 24.1. The van der Waals surface area contributed by atoms with Crippen molar-refractivity contribution < 1.29 is 23.2 Å². The van der Waals surface area contributed by atoms with Crippen LogP contribution in [0.1, 0.15) is 23.7 Å². The van der Waals surface area contributed by atoms with Crippen LogP contribution < -0.4 is 5.32 Å². The highest BCUT2D eigenvalue weighted by molar-refractivity contribution is 6.04. The molecule has 0 aliphatic carbocycles. The van der Waals surface area contributed by atoms with Gasteiger partial charge in [0, 0.05) is 11.1 Å². The second-order valence-electron chi connectivity index (χ2n) is 8.90. The van der Waals surface area contributed by atoms with Gasteiger partial charge in [-0.1, -0.05) is 43.3 Å². The highest BCUT2D eigenvalue weighted by atomic mass is 16.5. The molecule has 0 aliphatic rings. The van der Waals surface area contributed by atoms with Crippen molar-refractivity contribution in [1.82, 2.24) is 9.97 Å². The number of ether oxygens (including phenoxy) is 1. The second-order valence-corrected chi connectivity index (χ2v) is 8.90. The summed E-state index contributed by atoms with van der Waals surface area (Å²) in [4.78, 5) is 35.6. The van der Waals surface area contributed by atoms with Crippen molar-refractivity contribution in [2.24, 2.45) is 0 Å². The quantitative estimate of drug-likeness (QED) is 0.230. The number of furan rings is 2. The number of nitrogens with zero attached hydrogens (tertiary/aromatic N) is 2. The number of hydrogen-bond acceptors (Lipinski definition) is 7. The zero-order valence-electron chi connectivity index (χ0n) is 21.0. The zero-order chi connectivity index (χ0) is 26.8. The number of hydrogen-bond donors (Lipinski definition) is 1. The Morgan fingerprint density at radius 3 is 2.21 bits per heavy atom. The maximum Gasteiger partial charge on any atom is 0.338 e. The lowest BCUT2D eigenvalue weighted by Crippen LogP contribution is -2.32. The first-order valence-electron chi connectivity index (χ1n) is 12.5. The van der Waals surface area contributed by atoms with Gasteiger partial charge in [-0.25, -0.2) is 14.8 Å². The molecule has 1 amide bonds. The summed E-state index contributed by atoms with van der Waals surface area (Å²) in [7, 11) is 0. The largest absolute Gasteiger partial charge is 0.463 e. The Bertz CT molecular complexity index is 1790. The van der Waals surface area contributed by atoms with Crippen LogP contribution in [0.4, 0.5) is 5.69 Å². The van der Waals surface area contributed by atoms with E-state index in [-0.39, 0.29) is 5.56 Å². The van der Waals surface area contributed by atoms with Crippen LogP contribution in [0.5, 0.6) is 0 Å². The number of amides is 1. The van der Waals surface area contributed by atoms with E-state index < -0.39 is 18.0 Å². The minimum absolute atomic E-state index is 0.254. The third-order valence-corrected chi connectivity index (χ3v) is 6.37. The van der Waals surface area contributed by atoms with E-state index in [2.05, 4.69) is 5.32 Å². The molecule has 8 heteroatoms. The summed E-state index contributed by atoms with van der Waals surface area (Å²) in [6, 6.07) is 25.4. The van der Waals surface area contributed by atoms with Crippen molar-refractivity contribution in [3.8, 4) is 22.9 Å². The number of rotatable bonds is 7. The molecule has 39 heavy (non-hydrogen) atoms. The number of nitrogens with one attached hydrogen (secondary N) is 1. The van der Waals surface area contributed by atoms with Gasteiger partial charge in [-0.15, -0.1) is 0 Å². The minimum Gasteiger partial charge on any atom is -0.463 e. The number of aromatic nitrogens is 2. The molecule has 1 unspecified atom stereocenters. The first-order chi connectivity index (χ1) is 19.1. The van der Waals surface area contributed by atoms with Gasteiger partial charge in [-0.05, 0) is 60.3 Å². The molecule has 0 radical (unpaired) electrons. The van der Waals surface area contributed by atoms with Crippen LogP contribution in [-0.4, -0.2) is 27.9 Å². The predicted octanol–water partition coefficient (Wildman–Crippen LogP) is 6.88. The van der Waals surface area contributed by atoms with Crippen molar-refractivity contribution in [3.63, 3.8) is 0 Å². The molecule has 192 valence electrons. The molecule has 1 N–H and O–H groups in total. The first-order valence-corrected chi connectivity index (χ1v) is 12.5. The van der Waals surface area contributed by atoms with Crippen LogP contribution in [0.25, 0.3) is 44.7 Å². The fourth-order valence-corrected chi connectivity index (χ4v) is 4.42. The molecular weight excluding hydrogens is 494 g/mol. The molecule has 3 aromatic carbocycles. The van der Waals surface area contributed by atoms with Crippen LogP contribution >= 0.6 is 0 Å². The van der Waals surface area contributed by atoms with Gasteiger partial charge in [0.15, 0.2) is 17.6 Å². The second kappa shape index (κ2) is 10.3. The maximum atomic E-state index is 13.1. The molecule has 6 aromatic rings. The maximum absolute atomic E-state index is 13.1. The molecule has 3 aromatic heterocycles. The summed E-state index contributed by atoms with van der Waals surface area (Å²) >= 11 is 0. The van der Waals surface area contributed by atoms with Crippen LogP contribution in [-0.2, 0) is 9.53 Å². The zero-order valence-corrected chi connectivity index (χ0v) is 21.0. The van der Waals surface area contributed by atoms with E-state index in [1.807, 2.05) is 42.5 Å². The van der Waals surface area contributed by atoms with E-state index in [0.29, 0.717) is 46.0 Å². The van der Waals surface area contributed by atoms with Gasteiger partial charge in [-0.3, -0.25) is 4.79 Å². The van der Waals surface area contributed by atoms with Crippen LogP contribution in [0, 0.1) is 0 Å². The molecule has 6 rings (SSSR count). The summed E-state index contributed by atoms with van der Waals surface area (Å²) in [5, 5.41) is 4.82. The highest BCUT2D eigenvalue weighted by Gasteiger charge is 2.24. The fourth-order valence-electron chi connectivity index (χ4n) is 4.42. The molecule has 0 saturated carbocycles. The lowest BCUT2D eigenvalue weighted by atomic mass is 10.1. The van der Waals surface area contributed by atoms with Crippen molar-refractivity contribution >= 4 is 39.4 Å². The smallest absolute Gasteiger partial charge is 0.338 e. The Morgan fingerprint density at radius 1 is 0.821 bits per heavy atom. The van der Waals surface area contributed by atoms with Crippen molar-refractivity contribution in [2.45, 2.75) is 19.4 Å². The van der Waals surface area contributed by atoms with E-state index >= 15 is 0 Å². The Kier molecular flexibility index (Phi) is 6.34. The van der Waals surface area contributed by atoms with E-state index in [0.717, 1.165) is 10.8 Å². The third-order valence-electron chi connectivity index (χ3n) is 6.37. The summed E-state index contributed by atoms with van der Waals surface area (Å²) in [5.41, 5.74) is 2.95. The standard InChI is InChI=1S/C31H23N3O5/c1-2-25(30(35)34-22-11-5-9-19-8-3-4-10-21(19)22)39-31(36)20-14-15-23-24(18-20)33-29(27-13-7-17-38-27)28(32-23)26-12-6-16-37-26/h3-18,25H,2H2,1H3,(H,34,35). The molecular formula is C31H23N3O5. The molecule has 8 nitrogen and oxygen atoms in total. The van der Waals surface area contributed by atoms with E-state index in [1.54, 1.807) is 61.9 Å². The molecule has 1 atom stereocenters. The minimum atomic E-state index is -0.974. The Morgan fingerprint density at radius 2 is 1.51 bits per heavy atom. The van der Waals surface area contributed by atoms with Crippen molar-refractivity contribution in [1.29, 1.82) is 0 Å². The number of fused-ring (bicyclic) bond motifs is 2. The molecule has 0 saturated heterocycles. The Labute approximate surface area is 223 Å². The Balaban J connectivity index is 1.27. The molecule has 0 bridgehead atoms. The van der Waals surface area contributed by atoms with E-state index in [4.69, 9.17) is 23.5 Å². The predicted molar refractivity (Wildman–Crippen MR) is 147 cm³/mol. The fraction of sp³-hybridized carbons (Fsp3) is 0.0968. The normalized spacial score (nSPS) is 11.9. The molecule has 0 aliphatic heterocycles. The SMILES string of the molecule is CCC(OC(=O)c1ccc2nc(-c3ccco3)c(-c3ccco3)nc2c1)C(=O)Nc1cccc2ccccc12. The number of benzene rings is 3. The summed E-state index contributed by atoms with van der Waals surface area (Å²) in [6.07, 6.45) is 2.45. The summed E-state index contributed by atoms with van der Waals surface area (Å²) < 4.78 is 16.8. The van der Waals surface area contributed by atoms with Crippen LogP contribution in [0.3, 0.4) is 0 Å². The van der Waals surface area contributed by atoms with Gasteiger partial charge in [0.2, 0.25) is 0 Å². The van der Waals surface area contributed by atoms with Crippen LogP contribution in [0.15, 0.2) is 106 Å². The topological polar surface area (TPSA) is 107 Å². The molecule has 0 fully saturated rings. The number of esters is 1. The lowest BCUT2D eigenvalue weighted by molar-refractivity contribution is -0.124. The van der Waals surface area contributed by atoms with Gasteiger partial charge in [-0.2, -0.15) is 0 Å². The van der Waals surface area contributed by atoms with Gasteiger partial charge in [0.05, 0.1) is 29.1 Å². The summed E-state index contributed by atoms with van der Waals surface area (Å²) in [6.45, 7) is 1.79. The molecule has 3 heterocycles. The average Bonchev–Trinajstić information content (AvgIpc) is 3.70. The monoisotopic (exact) mass is 517 g/mol.